The molecule has 6 nitrogen and oxygen atoms in total. The summed E-state index contributed by atoms with van der Waals surface area (Å²) in [6, 6.07) is 7.94. The SMILES string of the molecule is Cc1cc(C)c(C(=O)NCC2CC(CO)N(C)C2c2ccccc2F)c(=O)[nH]1. The van der Waals surface area contributed by atoms with Crippen molar-refractivity contribution in [1.29, 1.82) is 0 Å². The fourth-order valence-corrected chi connectivity index (χ4v) is 4.24. The number of aromatic amines is 1. The summed E-state index contributed by atoms with van der Waals surface area (Å²) in [4.78, 5) is 29.4. The largest absolute Gasteiger partial charge is 0.395 e. The molecule has 3 atom stereocenters. The number of likely N-dealkylation sites (N-methyl/N-ethyl adjacent to an activating group) is 1. The maximum Gasteiger partial charge on any atom is 0.261 e. The molecule has 1 aromatic carbocycles. The molecule has 150 valence electrons. The fraction of sp³-hybridized carbons (Fsp3) is 0.429. The quantitative estimate of drug-likeness (QED) is 0.732. The van der Waals surface area contributed by atoms with Crippen molar-refractivity contribution in [3.8, 4) is 0 Å². The summed E-state index contributed by atoms with van der Waals surface area (Å²) in [6.07, 6.45) is 0.621. The summed E-state index contributed by atoms with van der Waals surface area (Å²) in [5.74, 6) is -0.839. The summed E-state index contributed by atoms with van der Waals surface area (Å²) in [5, 5.41) is 12.5. The Bertz CT molecular complexity index is 927. The molecule has 2 aromatic rings. The van der Waals surface area contributed by atoms with E-state index in [0.717, 1.165) is 0 Å². The van der Waals surface area contributed by atoms with Crippen LogP contribution < -0.4 is 10.9 Å². The van der Waals surface area contributed by atoms with Gasteiger partial charge in [0.15, 0.2) is 0 Å². The molecule has 3 N–H and O–H groups in total. The lowest BCUT2D eigenvalue weighted by atomic mass is 9.92. The number of benzene rings is 1. The number of halogens is 1. The van der Waals surface area contributed by atoms with Gasteiger partial charge in [-0.2, -0.15) is 0 Å². The molecule has 0 aliphatic carbocycles. The van der Waals surface area contributed by atoms with Gasteiger partial charge in [0.05, 0.1) is 6.61 Å². The van der Waals surface area contributed by atoms with Crippen molar-refractivity contribution in [1.82, 2.24) is 15.2 Å². The monoisotopic (exact) mass is 387 g/mol. The first-order chi connectivity index (χ1) is 13.3. The highest BCUT2D eigenvalue weighted by Gasteiger charge is 2.40. The molecule has 0 saturated carbocycles. The molecule has 1 aromatic heterocycles. The number of hydrogen-bond acceptors (Lipinski definition) is 4. The van der Waals surface area contributed by atoms with Crippen molar-refractivity contribution < 1.29 is 14.3 Å². The molecule has 1 aliphatic rings. The van der Waals surface area contributed by atoms with E-state index >= 15 is 0 Å². The Labute approximate surface area is 163 Å². The number of carbonyl (C=O) groups excluding carboxylic acids is 1. The van der Waals surface area contributed by atoms with Gasteiger partial charge in [-0.25, -0.2) is 4.39 Å². The van der Waals surface area contributed by atoms with Gasteiger partial charge < -0.3 is 15.4 Å². The van der Waals surface area contributed by atoms with Crippen LogP contribution in [0.25, 0.3) is 0 Å². The van der Waals surface area contributed by atoms with E-state index in [2.05, 4.69) is 10.3 Å². The summed E-state index contributed by atoms with van der Waals surface area (Å²) in [7, 11) is 1.86. The van der Waals surface area contributed by atoms with Crippen LogP contribution >= 0.6 is 0 Å². The molecule has 2 heterocycles. The lowest BCUT2D eigenvalue weighted by molar-refractivity contribution is 0.0940. The van der Waals surface area contributed by atoms with E-state index in [0.29, 0.717) is 23.2 Å². The molecule has 1 saturated heterocycles. The number of aromatic nitrogens is 1. The third-order valence-electron chi connectivity index (χ3n) is 5.59. The van der Waals surface area contributed by atoms with Gasteiger partial charge in [0.25, 0.3) is 11.5 Å². The topological polar surface area (TPSA) is 85.4 Å². The number of carbonyl (C=O) groups is 1. The van der Waals surface area contributed by atoms with Crippen molar-refractivity contribution in [2.75, 3.05) is 20.2 Å². The van der Waals surface area contributed by atoms with Crippen LogP contribution in [0.1, 0.15) is 39.6 Å². The van der Waals surface area contributed by atoms with Gasteiger partial charge in [0, 0.05) is 29.9 Å². The number of pyridine rings is 1. The second-order valence-corrected chi connectivity index (χ2v) is 7.51. The van der Waals surface area contributed by atoms with E-state index in [1.165, 1.54) is 6.07 Å². The van der Waals surface area contributed by atoms with Crippen molar-refractivity contribution in [3.05, 3.63) is 68.9 Å². The summed E-state index contributed by atoms with van der Waals surface area (Å²) < 4.78 is 14.4. The highest BCUT2D eigenvalue weighted by Crippen LogP contribution is 2.40. The molecule has 0 spiro atoms. The molecule has 1 aliphatic heterocycles. The lowest BCUT2D eigenvalue weighted by Crippen LogP contribution is -2.36. The predicted octanol–water partition coefficient (Wildman–Crippen LogP) is 1.91. The maximum absolute atomic E-state index is 14.4. The van der Waals surface area contributed by atoms with Gasteiger partial charge >= 0.3 is 0 Å². The minimum absolute atomic E-state index is 0.0391. The zero-order chi connectivity index (χ0) is 20.4. The molecule has 0 bridgehead atoms. The van der Waals surface area contributed by atoms with Crippen LogP contribution in [0, 0.1) is 25.6 Å². The highest BCUT2D eigenvalue weighted by atomic mass is 19.1. The smallest absolute Gasteiger partial charge is 0.261 e. The molecule has 1 amide bonds. The molecule has 0 radical (unpaired) electrons. The zero-order valence-corrected chi connectivity index (χ0v) is 16.3. The predicted molar refractivity (Wildman–Crippen MR) is 105 cm³/mol. The van der Waals surface area contributed by atoms with E-state index in [1.54, 1.807) is 38.1 Å². The van der Waals surface area contributed by atoms with E-state index in [9.17, 15) is 19.1 Å². The normalized spacial score (nSPS) is 22.4. The lowest BCUT2D eigenvalue weighted by Gasteiger charge is -2.28. The van der Waals surface area contributed by atoms with Crippen LogP contribution in [0.15, 0.2) is 35.1 Å². The van der Waals surface area contributed by atoms with Crippen molar-refractivity contribution in [2.24, 2.45) is 5.92 Å². The van der Waals surface area contributed by atoms with Gasteiger partial charge in [-0.3, -0.25) is 14.5 Å². The first kappa shape index (κ1) is 20.2. The number of aryl methyl sites for hydroxylation is 2. The number of hydrogen-bond donors (Lipinski definition) is 3. The highest BCUT2D eigenvalue weighted by molar-refractivity contribution is 5.95. The second-order valence-electron chi connectivity index (χ2n) is 7.51. The Balaban J connectivity index is 1.81. The van der Waals surface area contributed by atoms with E-state index in [-0.39, 0.29) is 42.5 Å². The maximum atomic E-state index is 14.4. The average molecular weight is 387 g/mol. The Morgan fingerprint density at radius 1 is 1.36 bits per heavy atom. The van der Waals surface area contributed by atoms with Gasteiger partial charge in [0.1, 0.15) is 11.4 Å². The van der Waals surface area contributed by atoms with Crippen LogP contribution in [0.4, 0.5) is 4.39 Å². The van der Waals surface area contributed by atoms with Gasteiger partial charge in [-0.15, -0.1) is 0 Å². The summed E-state index contributed by atoms with van der Waals surface area (Å²) in [6.45, 7) is 3.73. The van der Waals surface area contributed by atoms with Crippen molar-refractivity contribution in [3.63, 3.8) is 0 Å². The Hall–Kier alpha value is -2.51. The average Bonchev–Trinajstić information content (AvgIpc) is 2.95. The molecule has 28 heavy (non-hydrogen) atoms. The van der Waals surface area contributed by atoms with Crippen LogP contribution in [0.2, 0.25) is 0 Å². The third kappa shape index (κ3) is 3.86. The number of aliphatic hydroxyl groups is 1. The van der Waals surface area contributed by atoms with Crippen LogP contribution in [-0.2, 0) is 0 Å². The van der Waals surface area contributed by atoms with E-state index in [1.807, 2.05) is 11.9 Å². The minimum atomic E-state index is -0.443. The number of rotatable bonds is 5. The molecule has 7 heteroatoms. The molecule has 3 rings (SSSR count). The first-order valence-corrected chi connectivity index (χ1v) is 9.39. The molecular formula is C21H26FN3O3. The third-order valence-corrected chi connectivity index (χ3v) is 5.59. The number of H-pyrrole nitrogens is 1. The summed E-state index contributed by atoms with van der Waals surface area (Å²) in [5.41, 5.74) is 1.53. The molecule has 3 unspecified atom stereocenters. The standard InChI is InChI=1S/C21H26FN3O3/c1-12-8-13(2)24-21(28)18(12)20(27)23-10-14-9-15(11-26)25(3)19(14)16-6-4-5-7-17(16)22/h4-8,14-15,19,26H,9-11H2,1-3H3,(H,23,27)(H,24,28). The van der Waals surface area contributed by atoms with Gasteiger partial charge in [-0.05, 0) is 50.9 Å². The minimum Gasteiger partial charge on any atom is -0.395 e. The molecular weight excluding hydrogens is 361 g/mol. The van der Waals surface area contributed by atoms with Crippen LogP contribution in [0.5, 0.6) is 0 Å². The van der Waals surface area contributed by atoms with Crippen LogP contribution in [0.3, 0.4) is 0 Å². The Morgan fingerprint density at radius 3 is 2.71 bits per heavy atom. The molecule has 1 fully saturated rings. The second kappa shape index (κ2) is 8.24. The summed E-state index contributed by atoms with van der Waals surface area (Å²) >= 11 is 0. The van der Waals surface area contributed by atoms with Crippen molar-refractivity contribution >= 4 is 5.91 Å². The zero-order valence-electron chi connectivity index (χ0n) is 16.3. The number of aliphatic hydroxyl groups excluding tert-OH is 1. The Kier molecular flexibility index (Phi) is 5.96. The number of likely N-dealkylation sites (tertiary alicyclic amines) is 1. The van der Waals surface area contributed by atoms with Crippen molar-refractivity contribution in [2.45, 2.75) is 32.4 Å². The van der Waals surface area contributed by atoms with Gasteiger partial charge in [0.2, 0.25) is 0 Å². The first-order valence-electron chi connectivity index (χ1n) is 9.39. The number of amides is 1. The number of nitrogens with one attached hydrogen (secondary N) is 2. The van der Waals surface area contributed by atoms with Gasteiger partial charge in [-0.1, -0.05) is 18.2 Å². The fourth-order valence-electron chi connectivity index (χ4n) is 4.24. The van der Waals surface area contributed by atoms with E-state index < -0.39 is 11.5 Å². The number of nitrogens with zero attached hydrogens (tertiary/aromatic N) is 1. The van der Waals surface area contributed by atoms with Crippen LogP contribution in [-0.4, -0.2) is 47.1 Å². The Morgan fingerprint density at radius 2 is 2.07 bits per heavy atom. The van der Waals surface area contributed by atoms with E-state index in [4.69, 9.17) is 0 Å².